The molecule has 0 bridgehead atoms. The van der Waals surface area contributed by atoms with Gasteiger partial charge in [0, 0.05) is 18.9 Å². The minimum atomic E-state index is -0.965. The van der Waals surface area contributed by atoms with Crippen molar-refractivity contribution in [3.05, 3.63) is 12.7 Å². The van der Waals surface area contributed by atoms with Gasteiger partial charge in [0.15, 0.2) is 0 Å². The Labute approximate surface area is 104 Å². The van der Waals surface area contributed by atoms with Gasteiger partial charge in [-0.15, -0.1) is 0 Å². The Morgan fingerprint density at radius 1 is 1.56 bits per heavy atom. The summed E-state index contributed by atoms with van der Waals surface area (Å²) in [4.78, 5) is 35.8. The second-order valence-corrected chi connectivity index (χ2v) is 4.55. The molecule has 6 nitrogen and oxygen atoms in total. The number of carboxylic acid groups (broad SMARTS) is 1. The first kappa shape index (κ1) is 12.6. The number of likely N-dealkylation sites (tertiary alicyclic amines) is 1. The number of ether oxygens (including phenoxy) is 1. The van der Waals surface area contributed by atoms with Crippen LogP contribution in [0, 0.1) is 11.8 Å². The predicted octanol–water partition coefficient (Wildman–Crippen LogP) is 0.673. The van der Waals surface area contributed by atoms with Gasteiger partial charge in [-0.3, -0.25) is 9.59 Å². The Morgan fingerprint density at radius 2 is 2.28 bits per heavy atom. The summed E-state index contributed by atoms with van der Waals surface area (Å²) in [5, 5.41) is 9.03. The third-order valence-electron chi connectivity index (χ3n) is 3.58. The second-order valence-electron chi connectivity index (χ2n) is 4.55. The quantitative estimate of drug-likeness (QED) is 0.747. The van der Waals surface area contributed by atoms with Gasteiger partial charge in [0.1, 0.15) is 12.4 Å². The molecule has 0 radical (unpaired) electrons. The van der Waals surface area contributed by atoms with Gasteiger partial charge in [0.05, 0.1) is 12.0 Å². The van der Waals surface area contributed by atoms with Crippen molar-refractivity contribution in [2.75, 3.05) is 13.2 Å². The van der Waals surface area contributed by atoms with Crippen molar-refractivity contribution in [2.45, 2.75) is 18.9 Å². The fourth-order valence-electron chi connectivity index (χ4n) is 2.63. The van der Waals surface area contributed by atoms with Gasteiger partial charge in [-0.05, 0) is 6.42 Å². The van der Waals surface area contributed by atoms with Crippen molar-refractivity contribution < 1.29 is 24.2 Å². The van der Waals surface area contributed by atoms with Gasteiger partial charge in [-0.25, -0.2) is 4.79 Å². The minimum Gasteiger partial charge on any atom is -0.481 e. The van der Waals surface area contributed by atoms with Crippen molar-refractivity contribution in [1.29, 1.82) is 0 Å². The molecule has 1 heterocycles. The van der Waals surface area contributed by atoms with Gasteiger partial charge in [0.2, 0.25) is 0 Å². The maximum Gasteiger partial charge on any atom is 0.410 e. The van der Waals surface area contributed by atoms with Crippen LogP contribution in [0.3, 0.4) is 0 Å². The summed E-state index contributed by atoms with van der Waals surface area (Å²) in [6.45, 7) is 3.75. The number of hydrogen-bond donors (Lipinski definition) is 1. The Hall–Kier alpha value is -1.85. The number of hydrogen-bond acceptors (Lipinski definition) is 4. The fraction of sp³-hybridized carbons (Fsp3) is 0.583. The van der Waals surface area contributed by atoms with E-state index in [1.807, 2.05) is 0 Å². The number of Topliss-reactive ketones (excluding diaryl/α,β-unsaturated/α-hetero) is 1. The monoisotopic (exact) mass is 253 g/mol. The summed E-state index contributed by atoms with van der Waals surface area (Å²) >= 11 is 0. The van der Waals surface area contributed by atoms with E-state index in [4.69, 9.17) is 9.84 Å². The molecule has 0 aromatic carbocycles. The molecule has 1 aliphatic carbocycles. The largest absolute Gasteiger partial charge is 0.481 e. The maximum absolute atomic E-state index is 11.8. The van der Waals surface area contributed by atoms with Crippen LogP contribution in [-0.2, 0) is 14.3 Å². The van der Waals surface area contributed by atoms with Crippen molar-refractivity contribution in [1.82, 2.24) is 4.90 Å². The molecular formula is C12H15NO5. The molecule has 2 rings (SSSR count). The van der Waals surface area contributed by atoms with Gasteiger partial charge in [-0.2, -0.15) is 0 Å². The first-order chi connectivity index (χ1) is 8.56. The molecule has 3 unspecified atom stereocenters. The van der Waals surface area contributed by atoms with E-state index in [1.54, 1.807) is 0 Å². The van der Waals surface area contributed by atoms with Crippen LogP contribution < -0.4 is 0 Å². The molecule has 1 saturated heterocycles. The van der Waals surface area contributed by atoms with E-state index in [9.17, 15) is 14.4 Å². The molecule has 0 aromatic rings. The van der Waals surface area contributed by atoms with Crippen molar-refractivity contribution in [3.63, 3.8) is 0 Å². The fourth-order valence-corrected chi connectivity index (χ4v) is 2.63. The van der Waals surface area contributed by atoms with E-state index >= 15 is 0 Å². The molecule has 2 fully saturated rings. The SMILES string of the molecule is C=CCOC(=O)N1CCC(=O)C2CC(C(=O)O)C21. The summed E-state index contributed by atoms with van der Waals surface area (Å²) in [6.07, 6.45) is 1.48. The molecule has 1 N–H and O–H groups in total. The number of amides is 1. The highest BCUT2D eigenvalue weighted by Crippen LogP contribution is 2.42. The normalized spacial score (nSPS) is 30.1. The van der Waals surface area contributed by atoms with Crippen molar-refractivity contribution in [2.24, 2.45) is 11.8 Å². The topological polar surface area (TPSA) is 83.9 Å². The van der Waals surface area contributed by atoms with E-state index in [-0.39, 0.29) is 31.3 Å². The highest BCUT2D eigenvalue weighted by atomic mass is 16.6. The Morgan fingerprint density at radius 3 is 2.89 bits per heavy atom. The highest BCUT2D eigenvalue weighted by Gasteiger charge is 2.55. The number of aliphatic carboxylic acids is 1. The molecule has 2 aliphatic rings. The molecule has 1 aliphatic heterocycles. The van der Waals surface area contributed by atoms with Gasteiger partial charge in [-0.1, -0.05) is 12.7 Å². The van der Waals surface area contributed by atoms with Crippen LogP contribution in [0.2, 0.25) is 0 Å². The third kappa shape index (κ3) is 1.98. The first-order valence-corrected chi connectivity index (χ1v) is 5.86. The van der Waals surface area contributed by atoms with Gasteiger partial charge in [0.25, 0.3) is 0 Å². The van der Waals surface area contributed by atoms with Crippen molar-refractivity contribution in [3.8, 4) is 0 Å². The zero-order chi connectivity index (χ0) is 13.3. The number of piperidine rings is 1. The van der Waals surface area contributed by atoms with E-state index < -0.39 is 24.0 Å². The average molecular weight is 253 g/mol. The molecular weight excluding hydrogens is 238 g/mol. The lowest BCUT2D eigenvalue weighted by atomic mass is 9.64. The minimum absolute atomic E-state index is 0.0465. The number of carboxylic acids is 1. The number of carbonyl (C=O) groups is 3. The first-order valence-electron chi connectivity index (χ1n) is 5.86. The number of fused-ring (bicyclic) bond motifs is 1. The summed E-state index contributed by atoms with van der Waals surface area (Å²) < 4.78 is 4.91. The summed E-state index contributed by atoms with van der Waals surface area (Å²) in [5.74, 6) is -1.91. The van der Waals surface area contributed by atoms with E-state index in [2.05, 4.69) is 6.58 Å². The number of rotatable bonds is 3. The van der Waals surface area contributed by atoms with E-state index in [1.165, 1.54) is 11.0 Å². The molecule has 1 amide bonds. The van der Waals surface area contributed by atoms with Crippen LogP contribution in [0.5, 0.6) is 0 Å². The zero-order valence-electron chi connectivity index (χ0n) is 9.87. The molecule has 3 atom stereocenters. The van der Waals surface area contributed by atoms with Gasteiger partial charge < -0.3 is 14.7 Å². The lowest BCUT2D eigenvalue weighted by molar-refractivity contribution is -0.158. The van der Waals surface area contributed by atoms with E-state index in [0.29, 0.717) is 6.42 Å². The Bertz CT molecular complexity index is 401. The van der Waals surface area contributed by atoms with Crippen LogP contribution in [0.1, 0.15) is 12.8 Å². The van der Waals surface area contributed by atoms with Crippen LogP contribution >= 0.6 is 0 Å². The van der Waals surface area contributed by atoms with E-state index in [0.717, 1.165) is 0 Å². The molecule has 0 aromatic heterocycles. The number of nitrogens with zero attached hydrogens (tertiary/aromatic N) is 1. The maximum atomic E-state index is 11.8. The van der Waals surface area contributed by atoms with Crippen LogP contribution in [0.25, 0.3) is 0 Å². The summed E-state index contributed by atoms with van der Waals surface area (Å²) in [6, 6.07) is -0.541. The smallest absolute Gasteiger partial charge is 0.410 e. The van der Waals surface area contributed by atoms with Crippen LogP contribution in [-0.4, -0.2) is 47.0 Å². The molecule has 6 heteroatoms. The highest BCUT2D eigenvalue weighted by molar-refractivity contribution is 5.89. The zero-order valence-corrected chi connectivity index (χ0v) is 9.87. The van der Waals surface area contributed by atoms with Crippen LogP contribution in [0.4, 0.5) is 4.79 Å². The van der Waals surface area contributed by atoms with Gasteiger partial charge >= 0.3 is 12.1 Å². The molecule has 98 valence electrons. The summed E-state index contributed by atoms with van der Waals surface area (Å²) in [7, 11) is 0. The molecule has 0 spiro atoms. The molecule has 18 heavy (non-hydrogen) atoms. The Balaban J connectivity index is 2.09. The lowest BCUT2D eigenvalue weighted by Gasteiger charge is -2.50. The van der Waals surface area contributed by atoms with Crippen molar-refractivity contribution >= 4 is 17.8 Å². The predicted molar refractivity (Wildman–Crippen MR) is 60.9 cm³/mol. The number of carbonyl (C=O) groups excluding carboxylic acids is 2. The lowest BCUT2D eigenvalue weighted by Crippen LogP contribution is -2.63. The molecule has 1 saturated carbocycles. The third-order valence-corrected chi connectivity index (χ3v) is 3.58. The summed E-state index contributed by atoms with van der Waals surface area (Å²) in [5.41, 5.74) is 0. The Kier molecular flexibility index (Phi) is 3.36. The van der Waals surface area contributed by atoms with Crippen LogP contribution in [0.15, 0.2) is 12.7 Å². The number of ketones is 1. The second kappa shape index (κ2) is 4.80. The average Bonchev–Trinajstić information content (AvgIpc) is 2.27. The standard InChI is InChI=1S/C12H15NO5/c1-2-5-18-12(17)13-4-3-9(14)7-6-8(10(7)13)11(15)16/h2,7-8,10H,1,3-6H2,(H,15,16).